The van der Waals surface area contributed by atoms with E-state index in [4.69, 9.17) is 4.98 Å². The summed E-state index contributed by atoms with van der Waals surface area (Å²) in [6.07, 6.45) is 6.57. The first-order chi connectivity index (χ1) is 9.33. The summed E-state index contributed by atoms with van der Waals surface area (Å²) in [6, 6.07) is 9.03. The van der Waals surface area contributed by atoms with Crippen LogP contribution in [0.2, 0.25) is 0 Å². The van der Waals surface area contributed by atoms with Crippen molar-refractivity contribution in [2.24, 2.45) is 0 Å². The molecule has 3 heteroatoms. The number of benzene rings is 1. The van der Waals surface area contributed by atoms with E-state index in [0.717, 1.165) is 25.2 Å². The second-order valence-electron chi connectivity index (χ2n) is 5.55. The van der Waals surface area contributed by atoms with Crippen LogP contribution in [0.1, 0.15) is 30.2 Å². The summed E-state index contributed by atoms with van der Waals surface area (Å²) < 4.78 is 0. The number of hydrogen-bond acceptors (Lipinski definition) is 3. The van der Waals surface area contributed by atoms with E-state index in [1.807, 2.05) is 6.20 Å². The lowest BCUT2D eigenvalue weighted by atomic mass is 10.1. The Labute approximate surface area is 113 Å². The van der Waals surface area contributed by atoms with Gasteiger partial charge in [-0.3, -0.25) is 0 Å². The van der Waals surface area contributed by atoms with Crippen LogP contribution >= 0.6 is 0 Å². The third kappa shape index (κ3) is 1.65. The summed E-state index contributed by atoms with van der Waals surface area (Å²) in [5, 5.41) is 0. The van der Waals surface area contributed by atoms with Crippen LogP contribution in [0.5, 0.6) is 0 Å². The van der Waals surface area contributed by atoms with Crippen molar-refractivity contribution in [3.05, 3.63) is 47.3 Å². The lowest BCUT2D eigenvalue weighted by Gasteiger charge is -2.23. The predicted octanol–water partition coefficient (Wildman–Crippen LogP) is 3.05. The SMILES string of the molecule is CC1Cc2ccccc2N1c1ncc2c(n1)CCC2. The Hall–Kier alpha value is -1.90. The van der Waals surface area contributed by atoms with E-state index in [9.17, 15) is 0 Å². The van der Waals surface area contributed by atoms with Gasteiger partial charge in [0, 0.05) is 23.6 Å². The summed E-state index contributed by atoms with van der Waals surface area (Å²) in [5.74, 6) is 0.873. The van der Waals surface area contributed by atoms with Gasteiger partial charge in [0.05, 0.1) is 0 Å². The fourth-order valence-electron chi connectivity index (χ4n) is 3.29. The maximum absolute atomic E-state index is 4.80. The molecule has 1 atom stereocenters. The number of hydrogen-bond donors (Lipinski definition) is 0. The minimum atomic E-state index is 0.442. The standard InChI is InChI=1S/C16H17N3/c1-11-9-12-5-2-3-8-15(12)19(11)16-17-10-13-6-4-7-14(13)18-16/h2-3,5,8,10-11H,4,6-7,9H2,1H3. The molecule has 2 heterocycles. The van der Waals surface area contributed by atoms with Crippen molar-refractivity contribution in [1.82, 2.24) is 9.97 Å². The summed E-state index contributed by atoms with van der Waals surface area (Å²) in [5.41, 5.74) is 5.26. The third-order valence-electron chi connectivity index (χ3n) is 4.22. The van der Waals surface area contributed by atoms with E-state index < -0.39 is 0 Å². The second kappa shape index (κ2) is 4.05. The Morgan fingerprint density at radius 1 is 1.16 bits per heavy atom. The van der Waals surface area contributed by atoms with Crippen molar-refractivity contribution in [2.75, 3.05) is 4.90 Å². The van der Waals surface area contributed by atoms with Crippen molar-refractivity contribution in [3.63, 3.8) is 0 Å². The molecule has 1 aromatic carbocycles. The molecule has 0 saturated heterocycles. The molecule has 0 amide bonds. The van der Waals surface area contributed by atoms with E-state index in [1.54, 1.807) is 0 Å². The van der Waals surface area contributed by atoms with Crippen LogP contribution in [-0.2, 0) is 19.3 Å². The third-order valence-corrected chi connectivity index (χ3v) is 4.22. The van der Waals surface area contributed by atoms with Gasteiger partial charge in [0.1, 0.15) is 0 Å². The van der Waals surface area contributed by atoms with E-state index in [1.165, 1.54) is 28.9 Å². The van der Waals surface area contributed by atoms with Gasteiger partial charge >= 0.3 is 0 Å². The molecule has 96 valence electrons. The number of rotatable bonds is 1. The molecule has 1 aliphatic heterocycles. The van der Waals surface area contributed by atoms with Gasteiger partial charge in [-0.15, -0.1) is 0 Å². The minimum Gasteiger partial charge on any atom is -0.307 e. The van der Waals surface area contributed by atoms with Crippen molar-refractivity contribution in [1.29, 1.82) is 0 Å². The molecule has 19 heavy (non-hydrogen) atoms. The van der Waals surface area contributed by atoms with Crippen molar-refractivity contribution < 1.29 is 0 Å². The zero-order chi connectivity index (χ0) is 12.8. The molecule has 1 aliphatic carbocycles. The first-order valence-electron chi connectivity index (χ1n) is 7.05. The van der Waals surface area contributed by atoms with Gasteiger partial charge in [0.15, 0.2) is 0 Å². The van der Waals surface area contributed by atoms with Crippen LogP contribution in [0.4, 0.5) is 11.6 Å². The average Bonchev–Trinajstić information content (AvgIpc) is 3.00. The van der Waals surface area contributed by atoms with E-state index in [0.29, 0.717) is 6.04 Å². The second-order valence-corrected chi connectivity index (χ2v) is 5.55. The van der Waals surface area contributed by atoms with E-state index >= 15 is 0 Å². The number of anilines is 2. The molecule has 0 bridgehead atoms. The summed E-state index contributed by atoms with van der Waals surface area (Å²) in [6.45, 7) is 2.25. The van der Waals surface area contributed by atoms with Gasteiger partial charge in [-0.25, -0.2) is 9.97 Å². The number of para-hydroxylation sites is 1. The number of aromatic nitrogens is 2. The van der Waals surface area contributed by atoms with Crippen molar-refractivity contribution in [2.45, 2.75) is 38.6 Å². The van der Waals surface area contributed by atoms with Crippen LogP contribution in [0, 0.1) is 0 Å². The maximum Gasteiger partial charge on any atom is 0.230 e. The summed E-state index contributed by atoms with van der Waals surface area (Å²) in [7, 11) is 0. The van der Waals surface area contributed by atoms with Gasteiger partial charge in [-0.1, -0.05) is 18.2 Å². The number of fused-ring (bicyclic) bond motifs is 2. The van der Waals surface area contributed by atoms with Gasteiger partial charge in [0.25, 0.3) is 0 Å². The zero-order valence-corrected chi connectivity index (χ0v) is 11.1. The molecule has 0 radical (unpaired) electrons. The van der Waals surface area contributed by atoms with Gasteiger partial charge < -0.3 is 4.90 Å². The highest BCUT2D eigenvalue weighted by molar-refractivity contribution is 5.67. The van der Waals surface area contributed by atoms with Crippen LogP contribution in [0.25, 0.3) is 0 Å². The fourth-order valence-corrected chi connectivity index (χ4v) is 3.29. The Bertz CT molecular complexity index is 636. The van der Waals surface area contributed by atoms with Crippen LogP contribution in [-0.4, -0.2) is 16.0 Å². The predicted molar refractivity (Wildman–Crippen MR) is 75.8 cm³/mol. The monoisotopic (exact) mass is 251 g/mol. The Morgan fingerprint density at radius 3 is 3.00 bits per heavy atom. The van der Waals surface area contributed by atoms with E-state index in [-0.39, 0.29) is 0 Å². The van der Waals surface area contributed by atoms with Crippen LogP contribution in [0.15, 0.2) is 30.5 Å². The van der Waals surface area contributed by atoms with Crippen LogP contribution < -0.4 is 4.90 Å². The lowest BCUT2D eigenvalue weighted by Crippen LogP contribution is -2.26. The highest BCUT2D eigenvalue weighted by Gasteiger charge is 2.29. The molecule has 1 unspecified atom stereocenters. The molecule has 1 aromatic heterocycles. The normalized spacial score (nSPS) is 20.5. The highest BCUT2D eigenvalue weighted by Crippen LogP contribution is 2.36. The smallest absolute Gasteiger partial charge is 0.230 e. The molecule has 0 fully saturated rings. The minimum absolute atomic E-state index is 0.442. The van der Waals surface area contributed by atoms with Crippen LogP contribution in [0.3, 0.4) is 0 Å². The van der Waals surface area contributed by atoms with Crippen molar-refractivity contribution >= 4 is 11.6 Å². The van der Waals surface area contributed by atoms with Gasteiger partial charge in [0.2, 0.25) is 5.95 Å². The lowest BCUT2D eigenvalue weighted by molar-refractivity contribution is 0.736. The molecule has 2 aromatic rings. The summed E-state index contributed by atoms with van der Waals surface area (Å²) >= 11 is 0. The Morgan fingerprint density at radius 2 is 2.05 bits per heavy atom. The number of nitrogens with zero attached hydrogens (tertiary/aromatic N) is 3. The molecular formula is C16H17N3. The number of aryl methyl sites for hydroxylation is 2. The Balaban J connectivity index is 1.80. The Kier molecular flexibility index (Phi) is 2.34. The van der Waals surface area contributed by atoms with E-state index in [2.05, 4.69) is 41.1 Å². The molecule has 0 spiro atoms. The van der Waals surface area contributed by atoms with Gasteiger partial charge in [-0.2, -0.15) is 0 Å². The van der Waals surface area contributed by atoms with Gasteiger partial charge in [-0.05, 0) is 49.8 Å². The first-order valence-corrected chi connectivity index (χ1v) is 7.05. The molecular weight excluding hydrogens is 234 g/mol. The maximum atomic E-state index is 4.80. The molecule has 4 rings (SSSR count). The first kappa shape index (κ1) is 11.0. The zero-order valence-electron chi connectivity index (χ0n) is 11.1. The molecule has 3 nitrogen and oxygen atoms in total. The summed E-state index contributed by atoms with van der Waals surface area (Å²) in [4.78, 5) is 11.7. The quantitative estimate of drug-likeness (QED) is 0.780. The molecule has 2 aliphatic rings. The largest absolute Gasteiger partial charge is 0.307 e. The molecule has 0 N–H and O–H groups in total. The highest BCUT2D eigenvalue weighted by atomic mass is 15.3. The average molecular weight is 251 g/mol. The molecule has 0 saturated carbocycles. The topological polar surface area (TPSA) is 29.0 Å². The fraction of sp³-hybridized carbons (Fsp3) is 0.375. The van der Waals surface area contributed by atoms with Crippen molar-refractivity contribution in [3.8, 4) is 0 Å².